The number of aromatic nitrogens is 3. The summed E-state index contributed by atoms with van der Waals surface area (Å²) in [7, 11) is 0. The molecule has 2 rings (SSSR count). The van der Waals surface area contributed by atoms with Gasteiger partial charge in [0.05, 0.1) is 11.6 Å². The van der Waals surface area contributed by atoms with Crippen LogP contribution in [-0.4, -0.2) is 33.2 Å². The van der Waals surface area contributed by atoms with Gasteiger partial charge < -0.3 is 10.1 Å². The molecule has 25 heavy (non-hydrogen) atoms. The SMILES string of the molecule is CCn1ncnc1C(C)NC(=O)c1ccccc1OC(F)(F)C(F)F. The second-order valence-electron chi connectivity index (χ2n) is 5.09. The highest BCUT2D eigenvalue weighted by Crippen LogP contribution is 2.30. The molecule has 1 N–H and O–H groups in total. The fourth-order valence-electron chi connectivity index (χ4n) is 2.13. The Morgan fingerprint density at radius 1 is 1.36 bits per heavy atom. The Morgan fingerprint density at radius 3 is 2.68 bits per heavy atom. The number of carbonyl (C=O) groups is 1. The zero-order chi connectivity index (χ0) is 18.6. The highest BCUT2D eigenvalue weighted by Gasteiger charge is 2.44. The van der Waals surface area contributed by atoms with E-state index in [9.17, 15) is 22.4 Å². The van der Waals surface area contributed by atoms with Crippen molar-refractivity contribution in [1.29, 1.82) is 0 Å². The molecule has 0 spiro atoms. The first-order chi connectivity index (χ1) is 11.8. The van der Waals surface area contributed by atoms with Gasteiger partial charge in [0.25, 0.3) is 5.91 Å². The number of nitrogens with one attached hydrogen (secondary N) is 1. The molecule has 1 aromatic heterocycles. The summed E-state index contributed by atoms with van der Waals surface area (Å²) in [6.07, 6.45) is -7.41. The van der Waals surface area contributed by atoms with Gasteiger partial charge in [-0.1, -0.05) is 12.1 Å². The summed E-state index contributed by atoms with van der Waals surface area (Å²) in [5.41, 5.74) is -0.294. The molecule has 10 heteroatoms. The molecule has 0 aliphatic rings. The van der Waals surface area contributed by atoms with Crippen LogP contribution in [0.5, 0.6) is 5.75 Å². The average Bonchev–Trinajstić information content (AvgIpc) is 3.03. The summed E-state index contributed by atoms with van der Waals surface area (Å²) in [5, 5.41) is 6.52. The third-order valence-electron chi connectivity index (χ3n) is 3.31. The number of hydrogen-bond donors (Lipinski definition) is 1. The third kappa shape index (κ3) is 4.25. The predicted octanol–water partition coefficient (Wildman–Crippen LogP) is 3.03. The largest absolute Gasteiger partial charge is 0.461 e. The Morgan fingerprint density at radius 2 is 2.04 bits per heavy atom. The van der Waals surface area contributed by atoms with Gasteiger partial charge in [0.15, 0.2) is 0 Å². The van der Waals surface area contributed by atoms with E-state index in [1.807, 2.05) is 6.92 Å². The lowest BCUT2D eigenvalue weighted by molar-refractivity contribution is -0.253. The topological polar surface area (TPSA) is 69.0 Å². The van der Waals surface area contributed by atoms with E-state index in [1.165, 1.54) is 24.5 Å². The summed E-state index contributed by atoms with van der Waals surface area (Å²) < 4.78 is 56.5. The molecule has 1 unspecified atom stereocenters. The minimum Gasteiger partial charge on any atom is -0.427 e. The summed E-state index contributed by atoms with van der Waals surface area (Å²) in [6, 6.07) is 4.33. The Labute approximate surface area is 140 Å². The number of rotatable bonds is 7. The Bertz CT molecular complexity index is 736. The van der Waals surface area contributed by atoms with Gasteiger partial charge in [-0.05, 0) is 26.0 Å². The number of nitrogens with zero attached hydrogens (tertiary/aromatic N) is 3. The van der Waals surface area contributed by atoms with Crippen molar-refractivity contribution in [2.45, 2.75) is 39.0 Å². The number of halogens is 4. The molecule has 0 radical (unpaired) electrons. The smallest absolute Gasteiger partial charge is 0.427 e. The van der Waals surface area contributed by atoms with Crippen LogP contribution in [-0.2, 0) is 6.54 Å². The number of ether oxygens (including phenoxy) is 1. The molecule has 0 aliphatic heterocycles. The van der Waals surface area contributed by atoms with E-state index in [0.29, 0.717) is 12.4 Å². The van der Waals surface area contributed by atoms with Gasteiger partial charge in [-0.15, -0.1) is 0 Å². The molecule has 1 amide bonds. The van der Waals surface area contributed by atoms with Gasteiger partial charge in [-0.2, -0.15) is 22.7 Å². The number of amides is 1. The fourth-order valence-corrected chi connectivity index (χ4v) is 2.13. The summed E-state index contributed by atoms with van der Waals surface area (Å²) in [4.78, 5) is 16.4. The van der Waals surface area contributed by atoms with Crippen molar-refractivity contribution in [2.24, 2.45) is 0 Å². The Kier molecular flexibility index (Phi) is 5.60. The van der Waals surface area contributed by atoms with Gasteiger partial charge in [0, 0.05) is 6.54 Å². The Hall–Kier alpha value is -2.65. The maximum Gasteiger partial charge on any atom is 0.461 e. The highest BCUT2D eigenvalue weighted by atomic mass is 19.3. The molecular weight excluding hydrogens is 344 g/mol. The Balaban J connectivity index is 2.20. The maximum absolute atomic E-state index is 13.1. The van der Waals surface area contributed by atoms with Crippen molar-refractivity contribution in [3.05, 3.63) is 42.0 Å². The fraction of sp³-hybridized carbons (Fsp3) is 0.400. The number of hydrogen-bond acceptors (Lipinski definition) is 4. The van der Waals surface area contributed by atoms with Crippen molar-refractivity contribution in [2.75, 3.05) is 0 Å². The number of aryl methyl sites for hydroxylation is 1. The number of alkyl halides is 4. The molecule has 2 aromatic rings. The van der Waals surface area contributed by atoms with Crippen LogP contribution in [0, 0.1) is 0 Å². The summed E-state index contributed by atoms with van der Waals surface area (Å²) in [6.45, 7) is 3.99. The monoisotopic (exact) mass is 360 g/mol. The molecule has 136 valence electrons. The summed E-state index contributed by atoms with van der Waals surface area (Å²) in [5.74, 6) is -0.944. The molecule has 0 bridgehead atoms. The van der Waals surface area contributed by atoms with Crippen molar-refractivity contribution < 1.29 is 27.1 Å². The van der Waals surface area contributed by atoms with E-state index in [1.54, 1.807) is 11.6 Å². The van der Waals surface area contributed by atoms with Crippen LogP contribution >= 0.6 is 0 Å². The van der Waals surface area contributed by atoms with Crippen molar-refractivity contribution >= 4 is 5.91 Å². The van der Waals surface area contributed by atoms with E-state index in [2.05, 4.69) is 20.1 Å². The molecule has 1 aromatic carbocycles. The van der Waals surface area contributed by atoms with E-state index in [4.69, 9.17) is 0 Å². The first-order valence-corrected chi connectivity index (χ1v) is 7.38. The summed E-state index contributed by atoms with van der Waals surface area (Å²) >= 11 is 0. The number of para-hydroxylation sites is 1. The molecular formula is C15H16F4N4O2. The standard InChI is InChI=1S/C15H16F4N4O2/c1-3-23-12(20-8-21-23)9(2)22-13(24)10-6-4-5-7-11(10)25-15(18,19)14(16)17/h4-9,14H,3H2,1-2H3,(H,22,24). The van der Waals surface area contributed by atoms with Crippen LogP contribution in [0.25, 0.3) is 0 Å². The van der Waals surface area contributed by atoms with Crippen LogP contribution < -0.4 is 10.1 Å². The van der Waals surface area contributed by atoms with E-state index in [-0.39, 0.29) is 5.56 Å². The minimum absolute atomic E-state index is 0.294. The molecule has 1 atom stereocenters. The van der Waals surface area contributed by atoms with Gasteiger partial charge in [0.1, 0.15) is 17.9 Å². The first-order valence-electron chi connectivity index (χ1n) is 7.38. The van der Waals surface area contributed by atoms with Gasteiger partial charge in [-0.3, -0.25) is 4.79 Å². The first kappa shape index (κ1) is 18.7. The van der Waals surface area contributed by atoms with Gasteiger partial charge in [0.2, 0.25) is 0 Å². The van der Waals surface area contributed by atoms with E-state index >= 15 is 0 Å². The zero-order valence-electron chi connectivity index (χ0n) is 13.4. The number of benzene rings is 1. The third-order valence-corrected chi connectivity index (χ3v) is 3.31. The lowest BCUT2D eigenvalue weighted by Crippen LogP contribution is -2.35. The van der Waals surface area contributed by atoms with Crippen molar-refractivity contribution in [3.8, 4) is 5.75 Å². The van der Waals surface area contributed by atoms with Gasteiger partial charge >= 0.3 is 12.5 Å². The quantitative estimate of drug-likeness (QED) is 0.771. The van der Waals surface area contributed by atoms with Crippen LogP contribution in [0.1, 0.15) is 36.1 Å². The molecule has 0 saturated carbocycles. The molecule has 0 aliphatic carbocycles. The zero-order valence-corrected chi connectivity index (χ0v) is 13.4. The second-order valence-corrected chi connectivity index (χ2v) is 5.09. The second kappa shape index (κ2) is 7.49. The molecule has 1 heterocycles. The molecule has 0 fully saturated rings. The average molecular weight is 360 g/mol. The lowest BCUT2D eigenvalue weighted by atomic mass is 10.1. The van der Waals surface area contributed by atoms with Crippen LogP contribution in [0.3, 0.4) is 0 Å². The van der Waals surface area contributed by atoms with E-state index in [0.717, 1.165) is 6.07 Å². The van der Waals surface area contributed by atoms with E-state index < -0.39 is 30.2 Å². The van der Waals surface area contributed by atoms with Crippen molar-refractivity contribution in [1.82, 2.24) is 20.1 Å². The number of carbonyl (C=O) groups excluding carboxylic acids is 1. The van der Waals surface area contributed by atoms with Crippen LogP contribution in [0.2, 0.25) is 0 Å². The normalized spacial score (nSPS) is 12.9. The minimum atomic E-state index is -4.70. The van der Waals surface area contributed by atoms with Crippen molar-refractivity contribution in [3.63, 3.8) is 0 Å². The van der Waals surface area contributed by atoms with Crippen LogP contribution in [0.15, 0.2) is 30.6 Å². The highest BCUT2D eigenvalue weighted by molar-refractivity contribution is 5.97. The molecule has 0 saturated heterocycles. The lowest BCUT2D eigenvalue weighted by Gasteiger charge is -2.20. The van der Waals surface area contributed by atoms with Crippen LogP contribution in [0.4, 0.5) is 17.6 Å². The molecule has 6 nitrogen and oxygen atoms in total. The maximum atomic E-state index is 13.1. The van der Waals surface area contributed by atoms with Gasteiger partial charge in [-0.25, -0.2) is 9.67 Å². The predicted molar refractivity (Wildman–Crippen MR) is 79.6 cm³/mol.